The maximum absolute atomic E-state index is 3.50. The monoisotopic (exact) mass is 272 g/mol. The zero-order valence-electron chi connectivity index (χ0n) is 13.4. The van der Waals surface area contributed by atoms with Gasteiger partial charge in [-0.3, -0.25) is 0 Å². The van der Waals surface area contributed by atoms with E-state index in [9.17, 15) is 0 Å². The van der Waals surface area contributed by atoms with Gasteiger partial charge in [-0.15, -0.1) is 0 Å². The van der Waals surface area contributed by atoms with Crippen LogP contribution < -0.4 is 10.2 Å². The molecule has 2 nitrogen and oxygen atoms in total. The maximum atomic E-state index is 3.50. The van der Waals surface area contributed by atoms with Crippen molar-refractivity contribution >= 4 is 5.69 Å². The fraction of sp³-hybridized carbons (Fsp3) is 0.667. The number of hydrogen-bond donors (Lipinski definition) is 1. The van der Waals surface area contributed by atoms with E-state index in [0.717, 1.165) is 11.8 Å². The van der Waals surface area contributed by atoms with Crippen LogP contribution in [0.1, 0.15) is 50.7 Å². The Morgan fingerprint density at radius 3 is 2.50 bits per heavy atom. The number of fused-ring (bicyclic) bond motifs is 1. The van der Waals surface area contributed by atoms with E-state index in [2.05, 4.69) is 56.2 Å². The van der Waals surface area contributed by atoms with Crippen LogP contribution in [0.4, 0.5) is 5.69 Å². The topological polar surface area (TPSA) is 15.3 Å². The van der Waals surface area contributed by atoms with Gasteiger partial charge in [-0.25, -0.2) is 0 Å². The van der Waals surface area contributed by atoms with Gasteiger partial charge in [0, 0.05) is 25.2 Å². The van der Waals surface area contributed by atoms with Crippen LogP contribution in [0.3, 0.4) is 0 Å². The molecule has 110 valence electrons. The summed E-state index contributed by atoms with van der Waals surface area (Å²) in [7, 11) is 2.25. The molecule has 0 bridgehead atoms. The van der Waals surface area contributed by atoms with Crippen molar-refractivity contribution in [2.75, 3.05) is 31.6 Å². The van der Waals surface area contributed by atoms with Crippen molar-refractivity contribution in [2.45, 2.75) is 44.9 Å². The molecular formula is C18H28N2. The molecule has 0 aromatic heterocycles. The first-order chi connectivity index (χ1) is 9.47. The Balaban J connectivity index is 1.94. The van der Waals surface area contributed by atoms with Crippen molar-refractivity contribution in [1.82, 2.24) is 5.32 Å². The standard InChI is InChI=1S/C18H28N2/c1-18(2,3)14-5-6-17-15(11-14)16(12-20(17)4)13-7-9-19-10-8-13/h5-6,11,13,16,19H,7-10,12H2,1-4H3. The second-order valence-electron chi connectivity index (χ2n) is 7.60. The zero-order valence-corrected chi connectivity index (χ0v) is 13.4. The molecule has 2 aliphatic rings. The summed E-state index contributed by atoms with van der Waals surface area (Å²) >= 11 is 0. The van der Waals surface area contributed by atoms with E-state index < -0.39 is 0 Å². The summed E-state index contributed by atoms with van der Waals surface area (Å²) in [6, 6.07) is 7.16. The van der Waals surface area contributed by atoms with Gasteiger partial charge < -0.3 is 10.2 Å². The van der Waals surface area contributed by atoms with Crippen LogP contribution in [0.2, 0.25) is 0 Å². The van der Waals surface area contributed by atoms with E-state index in [0.29, 0.717) is 0 Å². The third-order valence-corrected chi connectivity index (χ3v) is 5.13. The first kappa shape index (κ1) is 13.9. The van der Waals surface area contributed by atoms with Gasteiger partial charge in [0.05, 0.1) is 0 Å². The molecule has 2 heterocycles. The summed E-state index contributed by atoms with van der Waals surface area (Å²) in [5, 5.41) is 3.50. The number of nitrogens with one attached hydrogen (secondary N) is 1. The lowest BCUT2D eigenvalue weighted by atomic mass is 9.79. The number of hydrogen-bond acceptors (Lipinski definition) is 2. The molecule has 1 N–H and O–H groups in total. The van der Waals surface area contributed by atoms with E-state index in [1.807, 2.05) is 0 Å². The fourth-order valence-corrected chi connectivity index (χ4v) is 3.81. The quantitative estimate of drug-likeness (QED) is 0.841. The molecule has 0 spiro atoms. The number of piperidine rings is 1. The molecule has 1 fully saturated rings. The molecule has 3 rings (SSSR count). The number of nitrogens with zero attached hydrogens (tertiary/aromatic N) is 1. The summed E-state index contributed by atoms with van der Waals surface area (Å²) in [6.07, 6.45) is 2.66. The molecule has 0 radical (unpaired) electrons. The molecule has 2 heteroatoms. The van der Waals surface area contributed by atoms with Crippen LogP contribution in [-0.2, 0) is 5.41 Å². The first-order valence-electron chi connectivity index (χ1n) is 8.03. The van der Waals surface area contributed by atoms with Crippen LogP contribution in [0.5, 0.6) is 0 Å². The minimum absolute atomic E-state index is 0.245. The first-order valence-corrected chi connectivity index (χ1v) is 8.03. The van der Waals surface area contributed by atoms with Gasteiger partial charge in [0.1, 0.15) is 0 Å². The number of likely N-dealkylation sites (N-methyl/N-ethyl adjacent to an activating group) is 1. The molecule has 1 unspecified atom stereocenters. The van der Waals surface area contributed by atoms with Crippen molar-refractivity contribution in [3.63, 3.8) is 0 Å². The largest absolute Gasteiger partial charge is 0.374 e. The lowest BCUT2D eigenvalue weighted by Crippen LogP contribution is -2.32. The molecule has 2 aliphatic heterocycles. The van der Waals surface area contributed by atoms with Crippen LogP contribution in [0, 0.1) is 5.92 Å². The Hall–Kier alpha value is -1.02. The van der Waals surface area contributed by atoms with Gasteiger partial charge in [0.2, 0.25) is 0 Å². The SMILES string of the molecule is CN1CC(C2CCNCC2)c2cc(C(C)(C)C)ccc21. The highest BCUT2D eigenvalue weighted by Gasteiger charge is 2.34. The lowest BCUT2D eigenvalue weighted by Gasteiger charge is -2.29. The fourth-order valence-electron chi connectivity index (χ4n) is 3.81. The van der Waals surface area contributed by atoms with E-state index in [4.69, 9.17) is 0 Å². The van der Waals surface area contributed by atoms with E-state index in [1.54, 1.807) is 5.56 Å². The zero-order chi connectivity index (χ0) is 14.3. The molecule has 1 atom stereocenters. The molecule has 1 saturated heterocycles. The van der Waals surface area contributed by atoms with Gasteiger partial charge in [-0.1, -0.05) is 32.9 Å². The normalized spacial score (nSPS) is 24.0. The van der Waals surface area contributed by atoms with Crippen molar-refractivity contribution in [2.24, 2.45) is 5.92 Å². The van der Waals surface area contributed by atoms with Gasteiger partial charge in [0.25, 0.3) is 0 Å². The van der Waals surface area contributed by atoms with Gasteiger partial charge in [-0.2, -0.15) is 0 Å². The molecule has 0 saturated carbocycles. The van der Waals surface area contributed by atoms with Crippen LogP contribution >= 0.6 is 0 Å². The summed E-state index contributed by atoms with van der Waals surface area (Å²) < 4.78 is 0. The van der Waals surface area contributed by atoms with Crippen molar-refractivity contribution in [1.29, 1.82) is 0 Å². The number of benzene rings is 1. The van der Waals surface area contributed by atoms with Gasteiger partial charge in [0.15, 0.2) is 0 Å². The average Bonchev–Trinajstić information content (AvgIpc) is 2.76. The Morgan fingerprint density at radius 2 is 1.85 bits per heavy atom. The van der Waals surface area contributed by atoms with Crippen LogP contribution in [-0.4, -0.2) is 26.7 Å². The summed E-state index contributed by atoms with van der Waals surface area (Å²) in [4.78, 5) is 2.45. The molecule has 0 aliphatic carbocycles. The highest BCUT2D eigenvalue weighted by Crippen LogP contribution is 2.43. The molecule has 1 aromatic rings. The molecule has 1 aromatic carbocycles. The van der Waals surface area contributed by atoms with E-state index >= 15 is 0 Å². The average molecular weight is 272 g/mol. The molecular weight excluding hydrogens is 244 g/mol. The summed E-state index contributed by atoms with van der Waals surface area (Å²) in [5.41, 5.74) is 4.79. The third kappa shape index (κ3) is 2.46. The van der Waals surface area contributed by atoms with Gasteiger partial charge in [-0.05, 0) is 54.5 Å². The predicted molar refractivity (Wildman–Crippen MR) is 86.7 cm³/mol. The highest BCUT2D eigenvalue weighted by atomic mass is 15.1. The minimum Gasteiger partial charge on any atom is -0.374 e. The Labute approximate surface area is 123 Å². The maximum Gasteiger partial charge on any atom is 0.0400 e. The lowest BCUT2D eigenvalue weighted by molar-refractivity contribution is 0.327. The Bertz CT molecular complexity index is 481. The highest BCUT2D eigenvalue weighted by molar-refractivity contribution is 5.61. The molecule has 0 amide bonds. The third-order valence-electron chi connectivity index (χ3n) is 5.13. The Morgan fingerprint density at radius 1 is 1.15 bits per heavy atom. The van der Waals surface area contributed by atoms with Crippen molar-refractivity contribution in [3.05, 3.63) is 29.3 Å². The summed E-state index contributed by atoms with van der Waals surface area (Å²) in [5.74, 6) is 1.59. The predicted octanol–water partition coefficient (Wildman–Crippen LogP) is 3.52. The van der Waals surface area contributed by atoms with E-state index in [1.165, 1.54) is 43.7 Å². The summed E-state index contributed by atoms with van der Waals surface area (Å²) in [6.45, 7) is 10.5. The molecule has 20 heavy (non-hydrogen) atoms. The minimum atomic E-state index is 0.245. The second-order valence-corrected chi connectivity index (χ2v) is 7.60. The Kier molecular flexibility index (Phi) is 3.53. The van der Waals surface area contributed by atoms with E-state index in [-0.39, 0.29) is 5.41 Å². The van der Waals surface area contributed by atoms with Crippen LogP contribution in [0.25, 0.3) is 0 Å². The van der Waals surface area contributed by atoms with Crippen molar-refractivity contribution in [3.8, 4) is 0 Å². The van der Waals surface area contributed by atoms with Crippen molar-refractivity contribution < 1.29 is 0 Å². The second kappa shape index (κ2) is 5.07. The number of rotatable bonds is 1. The smallest absolute Gasteiger partial charge is 0.0400 e. The number of anilines is 1. The van der Waals surface area contributed by atoms with Crippen LogP contribution in [0.15, 0.2) is 18.2 Å². The van der Waals surface area contributed by atoms with Gasteiger partial charge >= 0.3 is 0 Å².